The lowest BCUT2D eigenvalue weighted by atomic mass is 10.2. The van der Waals surface area contributed by atoms with Crippen molar-refractivity contribution in [3.05, 3.63) is 22.4 Å². The summed E-state index contributed by atoms with van der Waals surface area (Å²) in [5.74, 6) is -1.13. The standard InChI is InChI=1S/C11H16N2O4S/c1-8(6-9-4-3-5-18-9)13(2)11(16)12-17-7-10(14)15/h3-5,8H,6-7H2,1-2H3,(H,12,16)(H,14,15). The van der Waals surface area contributed by atoms with Crippen molar-refractivity contribution in [1.29, 1.82) is 0 Å². The molecule has 2 N–H and O–H groups in total. The Bertz CT molecular complexity index is 394. The van der Waals surface area contributed by atoms with Gasteiger partial charge in [-0.05, 0) is 18.4 Å². The van der Waals surface area contributed by atoms with Gasteiger partial charge in [-0.15, -0.1) is 11.3 Å². The Hall–Kier alpha value is -1.60. The third kappa shape index (κ3) is 4.72. The number of carbonyl (C=O) groups is 2. The SMILES string of the molecule is CC(Cc1cccs1)N(C)C(=O)NOCC(=O)O. The van der Waals surface area contributed by atoms with Crippen molar-refractivity contribution in [1.82, 2.24) is 10.4 Å². The molecular weight excluding hydrogens is 256 g/mol. The molecule has 1 aromatic heterocycles. The first-order valence-electron chi connectivity index (χ1n) is 5.39. The summed E-state index contributed by atoms with van der Waals surface area (Å²) in [7, 11) is 1.64. The minimum Gasteiger partial charge on any atom is -0.479 e. The number of likely N-dealkylation sites (N-methyl/N-ethyl adjacent to an activating group) is 1. The molecule has 0 spiro atoms. The highest BCUT2D eigenvalue weighted by Crippen LogP contribution is 2.13. The first kappa shape index (κ1) is 14.5. The highest BCUT2D eigenvalue weighted by atomic mass is 32.1. The van der Waals surface area contributed by atoms with Gasteiger partial charge in [0.1, 0.15) is 0 Å². The number of amides is 2. The van der Waals surface area contributed by atoms with Crippen molar-refractivity contribution in [2.75, 3.05) is 13.7 Å². The Balaban J connectivity index is 2.35. The van der Waals surface area contributed by atoms with E-state index in [2.05, 4.69) is 10.3 Å². The predicted molar refractivity (Wildman–Crippen MR) is 67.4 cm³/mol. The third-order valence-corrected chi connectivity index (χ3v) is 3.31. The van der Waals surface area contributed by atoms with Crippen molar-refractivity contribution in [3.8, 4) is 0 Å². The Morgan fingerprint density at radius 1 is 1.61 bits per heavy atom. The summed E-state index contributed by atoms with van der Waals surface area (Å²) in [4.78, 5) is 29.0. The van der Waals surface area contributed by atoms with Crippen LogP contribution in [0.3, 0.4) is 0 Å². The van der Waals surface area contributed by atoms with Gasteiger partial charge in [-0.1, -0.05) is 6.07 Å². The third-order valence-electron chi connectivity index (χ3n) is 2.41. The molecule has 1 atom stereocenters. The number of aliphatic carboxylic acids is 1. The van der Waals surface area contributed by atoms with Crippen LogP contribution in [0.5, 0.6) is 0 Å². The van der Waals surface area contributed by atoms with E-state index in [9.17, 15) is 9.59 Å². The number of hydroxylamine groups is 1. The molecule has 7 heteroatoms. The second-order valence-electron chi connectivity index (χ2n) is 3.83. The molecule has 6 nitrogen and oxygen atoms in total. The number of nitrogens with zero attached hydrogens (tertiary/aromatic N) is 1. The van der Waals surface area contributed by atoms with E-state index < -0.39 is 18.6 Å². The minimum absolute atomic E-state index is 0.00271. The van der Waals surface area contributed by atoms with Crippen molar-refractivity contribution in [3.63, 3.8) is 0 Å². The van der Waals surface area contributed by atoms with Gasteiger partial charge in [0.2, 0.25) is 0 Å². The Kier molecular flexibility index (Phi) is 5.60. The first-order chi connectivity index (χ1) is 8.50. The van der Waals surface area contributed by atoms with Crippen LogP contribution >= 0.6 is 11.3 Å². The van der Waals surface area contributed by atoms with E-state index in [1.807, 2.05) is 24.4 Å². The molecule has 0 aliphatic heterocycles. The zero-order valence-corrected chi connectivity index (χ0v) is 11.1. The van der Waals surface area contributed by atoms with E-state index in [0.29, 0.717) is 0 Å². The fraction of sp³-hybridized carbons (Fsp3) is 0.455. The minimum atomic E-state index is -1.13. The summed E-state index contributed by atoms with van der Waals surface area (Å²) in [6.45, 7) is 1.36. The second kappa shape index (κ2) is 6.97. The van der Waals surface area contributed by atoms with Gasteiger partial charge < -0.3 is 10.0 Å². The molecule has 0 aromatic carbocycles. The van der Waals surface area contributed by atoms with Crippen molar-refractivity contribution >= 4 is 23.3 Å². The average molecular weight is 272 g/mol. The first-order valence-corrected chi connectivity index (χ1v) is 6.27. The average Bonchev–Trinajstić information content (AvgIpc) is 2.80. The van der Waals surface area contributed by atoms with E-state index in [1.165, 1.54) is 9.78 Å². The fourth-order valence-electron chi connectivity index (χ4n) is 1.29. The molecule has 1 heterocycles. The number of nitrogens with one attached hydrogen (secondary N) is 1. The molecule has 1 aromatic rings. The van der Waals surface area contributed by atoms with E-state index >= 15 is 0 Å². The van der Waals surface area contributed by atoms with Crippen LogP contribution in [0, 0.1) is 0 Å². The quantitative estimate of drug-likeness (QED) is 0.766. The Morgan fingerprint density at radius 2 is 2.33 bits per heavy atom. The number of rotatable bonds is 6. The normalized spacial score (nSPS) is 11.9. The molecule has 0 saturated carbocycles. The summed E-state index contributed by atoms with van der Waals surface area (Å²) >= 11 is 1.63. The lowest BCUT2D eigenvalue weighted by Crippen LogP contribution is -2.43. The highest BCUT2D eigenvalue weighted by Gasteiger charge is 2.16. The summed E-state index contributed by atoms with van der Waals surface area (Å²) in [6, 6.07) is 3.51. The van der Waals surface area contributed by atoms with E-state index in [4.69, 9.17) is 5.11 Å². The number of carboxylic acids is 1. The maximum absolute atomic E-state index is 11.6. The molecular formula is C11H16N2O4S. The van der Waals surface area contributed by atoms with Crippen LogP contribution < -0.4 is 5.48 Å². The smallest absolute Gasteiger partial charge is 0.341 e. The Labute approximate surface area is 109 Å². The van der Waals surface area contributed by atoms with Crippen LogP contribution in [0.15, 0.2) is 17.5 Å². The highest BCUT2D eigenvalue weighted by molar-refractivity contribution is 7.09. The molecule has 0 aliphatic carbocycles. The largest absolute Gasteiger partial charge is 0.479 e. The topological polar surface area (TPSA) is 78.9 Å². The molecule has 18 heavy (non-hydrogen) atoms. The molecule has 0 radical (unpaired) electrons. The van der Waals surface area contributed by atoms with Crippen LogP contribution in [0.25, 0.3) is 0 Å². The maximum Gasteiger partial charge on any atom is 0.341 e. The number of hydrogen-bond donors (Lipinski definition) is 2. The predicted octanol–water partition coefficient (Wildman–Crippen LogP) is 1.34. The number of thiophene rings is 1. The van der Waals surface area contributed by atoms with Crippen molar-refractivity contribution < 1.29 is 19.5 Å². The zero-order valence-electron chi connectivity index (χ0n) is 10.3. The Morgan fingerprint density at radius 3 is 2.89 bits per heavy atom. The summed E-state index contributed by atoms with van der Waals surface area (Å²) < 4.78 is 0. The van der Waals surface area contributed by atoms with Gasteiger partial charge in [-0.3, -0.25) is 4.84 Å². The lowest BCUT2D eigenvalue weighted by Gasteiger charge is -2.24. The van der Waals surface area contributed by atoms with Crippen LogP contribution in [-0.2, 0) is 16.1 Å². The van der Waals surface area contributed by atoms with Crippen LogP contribution in [-0.4, -0.2) is 41.7 Å². The van der Waals surface area contributed by atoms with Gasteiger partial charge in [-0.25, -0.2) is 15.1 Å². The van der Waals surface area contributed by atoms with E-state index in [1.54, 1.807) is 18.4 Å². The molecule has 0 bridgehead atoms. The molecule has 0 fully saturated rings. The van der Waals surface area contributed by atoms with Crippen LogP contribution in [0.1, 0.15) is 11.8 Å². The second-order valence-corrected chi connectivity index (χ2v) is 4.87. The molecule has 0 saturated heterocycles. The lowest BCUT2D eigenvalue weighted by molar-refractivity contribution is -0.144. The maximum atomic E-state index is 11.6. The summed E-state index contributed by atoms with van der Waals surface area (Å²) in [5.41, 5.74) is 2.08. The van der Waals surface area contributed by atoms with Gasteiger partial charge in [0, 0.05) is 24.4 Å². The molecule has 0 aliphatic rings. The monoisotopic (exact) mass is 272 g/mol. The number of carboxylic acid groups (broad SMARTS) is 1. The van der Waals surface area contributed by atoms with Gasteiger partial charge in [0.15, 0.2) is 6.61 Å². The van der Waals surface area contributed by atoms with Crippen molar-refractivity contribution in [2.24, 2.45) is 0 Å². The van der Waals surface area contributed by atoms with Gasteiger partial charge in [0.25, 0.3) is 0 Å². The van der Waals surface area contributed by atoms with E-state index in [0.717, 1.165) is 6.42 Å². The van der Waals surface area contributed by atoms with Crippen LogP contribution in [0.2, 0.25) is 0 Å². The fourth-order valence-corrected chi connectivity index (χ4v) is 2.12. The number of urea groups is 1. The van der Waals surface area contributed by atoms with Gasteiger partial charge in [0.05, 0.1) is 0 Å². The van der Waals surface area contributed by atoms with Crippen LogP contribution in [0.4, 0.5) is 4.79 Å². The molecule has 1 rings (SSSR count). The molecule has 100 valence electrons. The van der Waals surface area contributed by atoms with Crippen molar-refractivity contribution in [2.45, 2.75) is 19.4 Å². The number of carbonyl (C=O) groups excluding carboxylic acids is 1. The molecule has 2 amide bonds. The summed E-state index contributed by atoms with van der Waals surface area (Å²) in [5, 5.41) is 10.3. The molecule has 1 unspecified atom stereocenters. The summed E-state index contributed by atoms with van der Waals surface area (Å²) in [6.07, 6.45) is 0.751. The van der Waals surface area contributed by atoms with Gasteiger partial charge in [-0.2, -0.15) is 0 Å². The number of hydrogen-bond acceptors (Lipinski definition) is 4. The van der Waals surface area contributed by atoms with E-state index in [-0.39, 0.29) is 6.04 Å². The van der Waals surface area contributed by atoms with Gasteiger partial charge >= 0.3 is 12.0 Å². The zero-order chi connectivity index (χ0) is 13.5.